The number of amides is 2. The first-order valence-electron chi connectivity index (χ1n) is 5.54. The zero-order valence-corrected chi connectivity index (χ0v) is 10.4. The Morgan fingerprint density at radius 2 is 2.00 bits per heavy atom. The number of likely N-dealkylation sites (N-methyl/N-ethyl adjacent to an activating group) is 1. The van der Waals surface area contributed by atoms with Crippen LogP contribution < -0.4 is 5.32 Å². The zero-order chi connectivity index (χ0) is 12.3. The summed E-state index contributed by atoms with van der Waals surface area (Å²) in [5.74, 6) is -0.269. The van der Waals surface area contributed by atoms with Crippen molar-refractivity contribution in [3.05, 3.63) is 0 Å². The molecule has 1 heterocycles. The molecule has 16 heavy (non-hydrogen) atoms. The van der Waals surface area contributed by atoms with E-state index >= 15 is 0 Å². The summed E-state index contributed by atoms with van der Waals surface area (Å²) >= 11 is 0. The monoisotopic (exact) mass is 228 g/mol. The van der Waals surface area contributed by atoms with Crippen molar-refractivity contribution in [1.82, 2.24) is 10.2 Å². The summed E-state index contributed by atoms with van der Waals surface area (Å²) in [6.45, 7) is 6.18. The average molecular weight is 228 g/mol. The standard InChI is InChI=1S/C11H20N2O3/c1-11(2,3)16-10(15)12-9(14)8-6-5-7-13(8)4/h8H,5-7H2,1-4H3,(H,12,14,15)/t8-/m1/s1. The molecule has 0 spiro atoms. The third-order valence-electron chi connectivity index (χ3n) is 2.45. The minimum Gasteiger partial charge on any atom is -0.444 e. The normalized spacial score (nSPS) is 21.9. The van der Waals surface area contributed by atoms with Crippen molar-refractivity contribution in [2.45, 2.75) is 45.3 Å². The van der Waals surface area contributed by atoms with E-state index in [1.54, 1.807) is 20.8 Å². The number of rotatable bonds is 1. The van der Waals surface area contributed by atoms with Gasteiger partial charge in [0.1, 0.15) is 5.60 Å². The Morgan fingerprint density at radius 3 is 2.44 bits per heavy atom. The maximum atomic E-state index is 11.7. The number of imide groups is 1. The Balaban J connectivity index is 2.42. The minimum atomic E-state index is -0.669. The fourth-order valence-corrected chi connectivity index (χ4v) is 1.73. The molecule has 0 aliphatic carbocycles. The molecule has 0 unspecified atom stereocenters. The number of hydrogen-bond donors (Lipinski definition) is 1. The van der Waals surface area contributed by atoms with Crippen LogP contribution in [0.2, 0.25) is 0 Å². The number of nitrogens with one attached hydrogen (secondary N) is 1. The third-order valence-corrected chi connectivity index (χ3v) is 2.45. The van der Waals surface area contributed by atoms with Crippen LogP contribution >= 0.6 is 0 Å². The van der Waals surface area contributed by atoms with E-state index in [2.05, 4.69) is 5.32 Å². The molecule has 1 saturated heterocycles. The molecule has 1 aliphatic heterocycles. The first kappa shape index (κ1) is 13.0. The molecule has 1 rings (SSSR count). The summed E-state index contributed by atoms with van der Waals surface area (Å²) in [4.78, 5) is 25.0. The number of likely N-dealkylation sites (tertiary alicyclic amines) is 1. The summed E-state index contributed by atoms with van der Waals surface area (Å²) < 4.78 is 5.01. The van der Waals surface area contributed by atoms with Gasteiger partial charge >= 0.3 is 6.09 Å². The highest BCUT2D eigenvalue weighted by molar-refractivity contribution is 5.95. The lowest BCUT2D eigenvalue weighted by Gasteiger charge is -2.21. The smallest absolute Gasteiger partial charge is 0.414 e. The number of ether oxygens (including phenoxy) is 1. The van der Waals surface area contributed by atoms with Gasteiger partial charge in [0.15, 0.2) is 0 Å². The third kappa shape index (κ3) is 3.81. The summed E-state index contributed by atoms with van der Waals surface area (Å²) in [7, 11) is 1.88. The van der Waals surface area contributed by atoms with Gasteiger partial charge in [-0.05, 0) is 47.2 Å². The Bertz CT molecular complexity index is 283. The molecule has 5 heteroatoms. The van der Waals surface area contributed by atoms with Gasteiger partial charge in [-0.25, -0.2) is 4.79 Å². The number of carbonyl (C=O) groups excluding carboxylic acids is 2. The van der Waals surface area contributed by atoms with E-state index in [9.17, 15) is 9.59 Å². The van der Waals surface area contributed by atoms with Gasteiger partial charge in [0.25, 0.3) is 0 Å². The topological polar surface area (TPSA) is 58.6 Å². The van der Waals surface area contributed by atoms with E-state index in [1.807, 2.05) is 11.9 Å². The summed E-state index contributed by atoms with van der Waals surface area (Å²) in [6.07, 6.45) is 1.12. The van der Waals surface area contributed by atoms with Crippen LogP contribution in [0.5, 0.6) is 0 Å². The van der Waals surface area contributed by atoms with E-state index in [0.717, 1.165) is 19.4 Å². The molecule has 5 nitrogen and oxygen atoms in total. The molecule has 1 fully saturated rings. The van der Waals surface area contributed by atoms with Crippen LogP contribution in [0.1, 0.15) is 33.6 Å². The summed E-state index contributed by atoms with van der Waals surface area (Å²) in [5, 5.41) is 2.27. The van der Waals surface area contributed by atoms with E-state index in [0.29, 0.717) is 0 Å². The van der Waals surface area contributed by atoms with Crippen LogP contribution in [-0.4, -0.2) is 42.1 Å². The molecule has 1 aliphatic rings. The van der Waals surface area contributed by atoms with Crippen LogP contribution in [0.25, 0.3) is 0 Å². The fourth-order valence-electron chi connectivity index (χ4n) is 1.73. The highest BCUT2D eigenvalue weighted by atomic mass is 16.6. The maximum Gasteiger partial charge on any atom is 0.414 e. The van der Waals surface area contributed by atoms with Gasteiger partial charge in [0.05, 0.1) is 6.04 Å². The minimum absolute atomic E-state index is 0.201. The van der Waals surface area contributed by atoms with Crippen LogP contribution in [0.3, 0.4) is 0 Å². The molecule has 1 atom stereocenters. The lowest BCUT2D eigenvalue weighted by atomic mass is 10.2. The van der Waals surface area contributed by atoms with Crippen molar-refractivity contribution in [2.75, 3.05) is 13.6 Å². The molecular formula is C11H20N2O3. The molecule has 0 bridgehead atoms. The molecule has 0 aromatic carbocycles. The fraction of sp³-hybridized carbons (Fsp3) is 0.818. The second-order valence-corrected chi connectivity index (χ2v) is 5.13. The zero-order valence-electron chi connectivity index (χ0n) is 10.4. The largest absolute Gasteiger partial charge is 0.444 e. The SMILES string of the molecule is CN1CCC[C@@H]1C(=O)NC(=O)OC(C)(C)C. The molecule has 1 N–H and O–H groups in total. The quantitative estimate of drug-likeness (QED) is 0.731. The maximum absolute atomic E-state index is 11.7. The second-order valence-electron chi connectivity index (χ2n) is 5.13. The van der Waals surface area contributed by atoms with Gasteiger partial charge in [-0.1, -0.05) is 0 Å². The van der Waals surface area contributed by atoms with Gasteiger partial charge in [-0.15, -0.1) is 0 Å². The predicted octanol–water partition coefficient (Wildman–Crippen LogP) is 1.13. The van der Waals surface area contributed by atoms with E-state index in [-0.39, 0.29) is 11.9 Å². The Labute approximate surface area is 96.1 Å². The lowest BCUT2D eigenvalue weighted by Crippen LogP contribution is -2.45. The number of hydrogen-bond acceptors (Lipinski definition) is 4. The predicted molar refractivity (Wildman–Crippen MR) is 60.0 cm³/mol. The van der Waals surface area contributed by atoms with Gasteiger partial charge in [-0.2, -0.15) is 0 Å². The number of nitrogens with zero attached hydrogens (tertiary/aromatic N) is 1. The van der Waals surface area contributed by atoms with Gasteiger partial charge in [0, 0.05) is 0 Å². The highest BCUT2D eigenvalue weighted by Crippen LogP contribution is 2.14. The lowest BCUT2D eigenvalue weighted by molar-refractivity contribution is -0.124. The van der Waals surface area contributed by atoms with Crippen molar-refractivity contribution in [3.63, 3.8) is 0 Å². The van der Waals surface area contributed by atoms with E-state index in [4.69, 9.17) is 4.74 Å². The molecular weight excluding hydrogens is 208 g/mol. The van der Waals surface area contributed by atoms with E-state index < -0.39 is 11.7 Å². The van der Waals surface area contributed by atoms with Crippen molar-refractivity contribution >= 4 is 12.0 Å². The van der Waals surface area contributed by atoms with Crippen molar-refractivity contribution in [2.24, 2.45) is 0 Å². The van der Waals surface area contributed by atoms with Gasteiger partial charge in [0.2, 0.25) is 5.91 Å². The molecule has 2 amide bonds. The molecule has 0 aromatic heterocycles. The van der Waals surface area contributed by atoms with Gasteiger partial charge in [-0.3, -0.25) is 15.0 Å². The van der Waals surface area contributed by atoms with E-state index in [1.165, 1.54) is 0 Å². The molecule has 92 valence electrons. The first-order valence-corrected chi connectivity index (χ1v) is 5.54. The van der Waals surface area contributed by atoms with Crippen LogP contribution in [0.4, 0.5) is 4.79 Å². The summed E-state index contributed by atoms with van der Waals surface area (Å²) in [5.41, 5.74) is -0.577. The molecule has 0 radical (unpaired) electrons. The second kappa shape index (κ2) is 4.82. The van der Waals surface area contributed by atoms with Crippen molar-refractivity contribution < 1.29 is 14.3 Å². The summed E-state index contributed by atoms with van der Waals surface area (Å²) in [6, 6.07) is -0.201. The highest BCUT2D eigenvalue weighted by Gasteiger charge is 2.29. The van der Waals surface area contributed by atoms with Gasteiger partial charge < -0.3 is 4.74 Å². The molecule has 0 aromatic rings. The number of alkyl carbamates (subject to hydrolysis) is 1. The molecule has 0 saturated carbocycles. The average Bonchev–Trinajstić information content (AvgIpc) is 2.47. The Morgan fingerprint density at radius 1 is 1.38 bits per heavy atom. The van der Waals surface area contributed by atoms with Crippen LogP contribution in [0, 0.1) is 0 Å². The number of carbonyl (C=O) groups is 2. The van der Waals surface area contributed by atoms with Crippen LogP contribution in [0.15, 0.2) is 0 Å². The van der Waals surface area contributed by atoms with Crippen LogP contribution in [-0.2, 0) is 9.53 Å². The Kier molecular flexibility index (Phi) is 3.91. The van der Waals surface area contributed by atoms with Crippen molar-refractivity contribution in [3.8, 4) is 0 Å². The van der Waals surface area contributed by atoms with Crippen molar-refractivity contribution in [1.29, 1.82) is 0 Å². The Hall–Kier alpha value is -1.10. The first-order chi connectivity index (χ1) is 7.29.